The molecule has 0 amide bonds. The van der Waals surface area contributed by atoms with Crippen molar-refractivity contribution in [3.05, 3.63) is 42.1 Å². The molecular formula is C38H63N3O4. The largest absolute Gasteiger partial charge is 0.390 e. The molecule has 1 heterocycles. The number of ketones is 1. The molecular weight excluding hydrogens is 562 g/mol. The molecule has 0 saturated heterocycles. The Hall–Kier alpha value is -1.90. The topological polar surface area (TPSA) is 106 Å². The number of aromatic nitrogens is 1. The van der Waals surface area contributed by atoms with Gasteiger partial charge >= 0.3 is 0 Å². The van der Waals surface area contributed by atoms with Crippen LogP contribution in [0.4, 0.5) is 0 Å². The van der Waals surface area contributed by atoms with Gasteiger partial charge in [-0.25, -0.2) is 0 Å². The second-order valence-electron chi connectivity index (χ2n) is 15.2. The van der Waals surface area contributed by atoms with Gasteiger partial charge < -0.3 is 20.6 Å². The smallest absolute Gasteiger partial charge is 0.138 e. The molecule has 0 spiro atoms. The van der Waals surface area contributed by atoms with Gasteiger partial charge in [0.2, 0.25) is 0 Å². The average molecular weight is 626 g/mol. The van der Waals surface area contributed by atoms with Crippen LogP contribution in [-0.4, -0.2) is 74.0 Å². The number of para-hydroxylation sites is 1. The summed E-state index contributed by atoms with van der Waals surface area (Å²) in [6, 6.07) is 10.1. The molecule has 0 radical (unpaired) electrons. The van der Waals surface area contributed by atoms with Crippen LogP contribution in [0.15, 0.2) is 36.5 Å². The molecule has 7 heteroatoms. The van der Waals surface area contributed by atoms with Crippen LogP contribution in [0, 0.1) is 29.6 Å². The fourth-order valence-electron chi connectivity index (χ4n) is 7.33. The molecule has 8 atom stereocenters. The van der Waals surface area contributed by atoms with Gasteiger partial charge in [0, 0.05) is 42.6 Å². The molecule has 1 aliphatic carbocycles. The molecule has 0 aliphatic heterocycles. The number of benzene rings is 1. The fraction of sp³-hybridized carbons (Fsp3) is 0.737. The molecule has 45 heavy (non-hydrogen) atoms. The van der Waals surface area contributed by atoms with Crippen molar-refractivity contribution in [2.45, 2.75) is 130 Å². The summed E-state index contributed by atoms with van der Waals surface area (Å²) in [6.45, 7) is 19.1. The highest BCUT2D eigenvalue weighted by Gasteiger charge is 2.41. The van der Waals surface area contributed by atoms with Crippen LogP contribution in [0.1, 0.15) is 106 Å². The van der Waals surface area contributed by atoms with Crippen molar-refractivity contribution in [2.75, 3.05) is 19.6 Å². The monoisotopic (exact) mass is 625 g/mol. The second kappa shape index (κ2) is 16.8. The lowest BCUT2D eigenvalue weighted by molar-refractivity contribution is -0.127. The van der Waals surface area contributed by atoms with E-state index in [2.05, 4.69) is 41.2 Å². The molecule has 7 nitrogen and oxygen atoms in total. The van der Waals surface area contributed by atoms with Crippen molar-refractivity contribution < 1.29 is 20.1 Å². The number of nitrogens with one attached hydrogen (secondary N) is 1. The third kappa shape index (κ3) is 11.4. The summed E-state index contributed by atoms with van der Waals surface area (Å²) in [7, 11) is 0. The SMILES string of the molecule is CC[C@@H](C)[C@@](C)(O)C(O)C(C)N(CCCNCc1cnc2ccccc2c1)C[C@H](C)C[C@@](C)(O)C[C@@H](C)CC(C)C(=O)C1CC1. The van der Waals surface area contributed by atoms with Crippen LogP contribution in [-0.2, 0) is 11.3 Å². The maximum atomic E-state index is 12.5. The zero-order valence-corrected chi connectivity index (χ0v) is 29.4. The van der Waals surface area contributed by atoms with E-state index >= 15 is 0 Å². The number of nitrogens with zero attached hydrogens (tertiary/aromatic N) is 2. The van der Waals surface area contributed by atoms with E-state index in [1.165, 1.54) is 0 Å². The fourth-order valence-corrected chi connectivity index (χ4v) is 7.33. The minimum Gasteiger partial charge on any atom is -0.390 e. The summed E-state index contributed by atoms with van der Waals surface area (Å²) >= 11 is 0. The van der Waals surface area contributed by atoms with E-state index in [0.29, 0.717) is 25.2 Å². The van der Waals surface area contributed by atoms with Crippen molar-refractivity contribution in [2.24, 2.45) is 29.6 Å². The lowest BCUT2D eigenvalue weighted by Gasteiger charge is -2.43. The number of carbonyl (C=O) groups is 1. The van der Waals surface area contributed by atoms with E-state index in [4.69, 9.17) is 0 Å². The second-order valence-corrected chi connectivity index (χ2v) is 15.2. The van der Waals surface area contributed by atoms with E-state index < -0.39 is 17.3 Å². The third-order valence-electron chi connectivity index (χ3n) is 10.4. The molecule has 1 aliphatic rings. The van der Waals surface area contributed by atoms with Crippen molar-refractivity contribution >= 4 is 16.7 Å². The highest BCUT2D eigenvalue weighted by atomic mass is 16.3. The summed E-state index contributed by atoms with van der Waals surface area (Å²) in [5.41, 5.74) is 0.104. The van der Waals surface area contributed by atoms with E-state index in [9.17, 15) is 20.1 Å². The number of hydrogen-bond donors (Lipinski definition) is 4. The molecule has 1 aromatic carbocycles. The van der Waals surface area contributed by atoms with Crippen LogP contribution in [0.25, 0.3) is 10.9 Å². The molecule has 1 saturated carbocycles. The number of aliphatic hydroxyl groups excluding tert-OH is 1. The normalized spacial score (nSPS) is 20.6. The Bertz CT molecular complexity index is 1200. The van der Waals surface area contributed by atoms with E-state index in [-0.39, 0.29) is 35.6 Å². The van der Waals surface area contributed by atoms with Gasteiger partial charge in [0.1, 0.15) is 5.78 Å². The Morgan fingerprint density at radius 2 is 1.73 bits per heavy atom. The number of hydrogen-bond acceptors (Lipinski definition) is 7. The van der Waals surface area contributed by atoms with Gasteiger partial charge in [-0.05, 0) is 108 Å². The number of rotatable bonds is 21. The maximum Gasteiger partial charge on any atom is 0.138 e. The zero-order valence-electron chi connectivity index (χ0n) is 29.4. The summed E-state index contributed by atoms with van der Waals surface area (Å²) < 4.78 is 0. The van der Waals surface area contributed by atoms with Gasteiger partial charge in [-0.2, -0.15) is 0 Å². The van der Waals surface area contributed by atoms with E-state index in [0.717, 1.165) is 68.2 Å². The van der Waals surface area contributed by atoms with Crippen molar-refractivity contribution in [1.82, 2.24) is 15.2 Å². The van der Waals surface area contributed by atoms with Gasteiger partial charge in [-0.3, -0.25) is 14.7 Å². The van der Waals surface area contributed by atoms with Gasteiger partial charge in [0.25, 0.3) is 0 Å². The first-order valence-corrected chi connectivity index (χ1v) is 17.6. The number of pyridine rings is 1. The van der Waals surface area contributed by atoms with Crippen molar-refractivity contribution in [3.63, 3.8) is 0 Å². The minimum absolute atomic E-state index is 0.0390. The Labute approximate surface area is 273 Å². The average Bonchev–Trinajstić information content (AvgIpc) is 3.83. The maximum absolute atomic E-state index is 12.5. The quantitative estimate of drug-likeness (QED) is 0.120. The highest BCUT2D eigenvalue weighted by molar-refractivity contribution is 5.85. The molecule has 1 fully saturated rings. The van der Waals surface area contributed by atoms with Crippen molar-refractivity contribution in [1.29, 1.82) is 0 Å². The van der Waals surface area contributed by atoms with Crippen LogP contribution >= 0.6 is 0 Å². The molecule has 1 aromatic heterocycles. The first-order valence-electron chi connectivity index (χ1n) is 17.6. The van der Waals surface area contributed by atoms with Crippen LogP contribution < -0.4 is 5.32 Å². The van der Waals surface area contributed by atoms with Gasteiger partial charge in [0.05, 0.1) is 22.8 Å². The van der Waals surface area contributed by atoms with Crippen LogP contribution in [0.3, 0.4) is 0 Å². The predicted molar refractivity (Wildman–Crippen MR) is 185 cm³/mol. The van der Waals surface area contributed by atoms with E-state index in [1.807, 2.05) is 59.0 Å². The standard InChI is InChI=1S/C38H63N3O4/c1-9-29(5)38(8,45)36(43)30(6)41(18-12-17-39-23-31-20-33-13-10-11-14-34(33)40-24-31)25-27(3)22-37(7,44)21-26(2)19-28(4)35(42)32-15-16-32/h10-11,13-14,20,24,26-30,32,36,39,43-45H,9,12,15-19,21-23,25H2,1-8H3/t26-,27+,28?,29+,30?,36?,37-,38+/m0/s1. The van der Waals surface area contributed by atoms with Gasteiger partial charge in [-0.1, -0.05) is 59.2 Å². The molecule has 0 bridgehead atoms. The summed E-state index contributed by atoms with van der Waals surface area (Å²) in [6.07, 6.45) is 6.90. The summed E-state index contributed by atoms with van der Waals surface area (Å²) in [5, 5.41) is 38.8. The Balaban J connectivity index is 1.57. The Morgan fingerprint density at radius 1 is 1.07 bits per heavy atom. The molecule has 3 rings (SSSR count). The number of Topliss-reactive ketones (excluding diaryl/α,β-unsaturated/α-hetero) is 1. The first kappa shape index (κ1) is 37.6. The molecule has 3 unspecified atom stereocenters. The first-order chi connectivity index (χ1) is 21.1. The molecule has 4 N–H and O–H groups in total. The Morgan fingerprint density at radius 3 is 2.40 bits per heavy atom. The summed E-state index contributed by atoms with van der Waals surface area (Å²) in [4.78, 5) is 19.4. The summed E-state index contributed by atoms with van der Waals surface area (Å²) in [5.74, 6) is 1.14. The lowest BCUT2D eigenvalue weighted by atomic mass is 9.80. The number of fused-ring (bicyclic) bond motifs is 1. The van der Waals surface area contributed by atoms with Gasteiger partial charge in [-0.15, -0.1) is 0 Å². The predicted octanol–water partition coefficient (Wildman–Crippen LogP) is 6.37. The number of carbonyl (C=O) groups excluding carboxylic acids is 1. The third-order valence-corrected chi connectivity index (χ3v) is 10.4. The number of aliphatic hydroxyl groups is 3. The minimum atomic E-state index is -1.20. The lowest BCUT2D eigenvalue weighted by Crippen LogP contribution is -2.56. The highest BCUT2D eigenvalue weighted by Crippen LogP contribution is 2.36. The Kier molecular flexibility index (Phi) is 14.0. The van der Waals surface area contributed by atoms with Crippen LogP contribution in [0.5, 0.6) is 0 Å². The zero-order chi connectivity index (χ0) is 33.4. The molecule has 2 aromatic rings. The van der Waals surface area contributed by atoms with Crippen molar-refractivity contribution in [3.8, 4) is 0 Å². The van der Waals surface area contributed by atoms with E-state index in [1.54, 1.807) is 6.92 Å². The van der Waals surface area contributed by atoms with Gasteiger partial charge in [0.15, 0.2) is 0 Å². The molecule has 254 valence electrons. The van der Waals surface area contributed by atoms with Crippen LogP contribution in [0.2, 0.25) is 0 Å².